The second-order valence-corrected chi connectivity index (χ2v) is 1.84. The van der Waals surface area contributed by atoms with E-state index in [2.05, 4.69) is 12.6 Å². The predicted octanol–water partition coefficient (Wildman–Crippen LogP) is -2.39. The van der Waals surface area contributed by atoms with Gasteiger partial charge in [0, 0.05) is 12.1 Å². The second kappa shape index (κ2) is 4.71. The summed E-state index contributed by atoms with van der Waals surface area (Å²) in [7, 11) is 0. The second-order valence-electron chi connectivity index (χ2n) is 1.38. The van der Waals surface area contributed by atoms with Crippen molar-refractivity contribution in [1.82, 2.24) is 0 Å². The third kappa shape index (κ3) is 3.02. The first-order valence-corrected chi connectivity index (χ1v) is 2.62. The van der Waals surface area contributed by atoms with Crippen LogP contribution in [0, 0.1) is 5.21 Å². The minimum absolute atomic E-state index is 0. The van der Waals surface area contributed by atoms with Gasteiger partial charge in [-0.05, 0) is 6.07 Å². The summed E-state index contributed by atoms with van der Waals surface area (Å²) in [5.41, 5.74) is 0. The molecule has 0 atom stereocenters. The molecule has 0 fully saturated rings. The van der Waals surface area contributed by atoms with E-state index in [4.69, 9.17) is 0 Å². The fourth-order valence-electron chi connectivity index (χ4n) is 0.419. The molecule has 2 nitrogen and oxygen atoms in total. The monoisotopic (exact) mass is 166 g/mol. The summed E-state index contributed by atoms with van der Waals surface area (Å²) >= 11 is 3.85. The van der Waals surface area contributed by atoms with Crippen molar-refractivity contribution in [3.63, 3.8) is 0 Å². The van der Waals surface area contributed by atoms with Gasteiger partial charge in [0.1, 0.15) is 0 Å². The Hall–Kier alpha value is 0.936. The molecule has 0 unspecified atom stereocenters. The summed E-state index contributed by atoms with van der Waals surface area (Å²) in [5.74, 6) is 0. The maximum Gasteiger partial charge on any atom is 1.00 e. The van der Waals surface area contributed by atoms with Crippen LogP contribution >= 0.6 is 12.6 Å². The molecule has 0 spiro atoms. The average Bonchev–Trinajstić information content (AvgIpc) is 1.77. The summed E-state index contributed by atoms with van der Waals surface area (Å²) in [6.45, 7) is 0. The third-order valence-electron chi connectivity index (χ3n) is 0.804. The van der Waals surface area contributed by atoms with Crippen LogP contribution in [0.1, 0.15) is 0 Å². The van der Waals surface area contributed by atoms with Crippen LogP contribution in [0.3, 0.4) is 0 Å². The SMILES string of the molecule is [K+].[O-][n+]1ccccc1S. The summed E-state index contributed by atoms with van der Waals surface area (Å²) in [4.78, 5) is 0. The minimum atomic E-state index is 0. The number of nitrogens with zero attached hydrogens (tertiary/aromatic N) is 1. The molecule has 0 radical (unpaired) electrons. The Labute approximate surface area is 102 Å². The Morgan fingerprint density at radius 1 is 1.44 bits per heavy atom. The molecule has 42 valence electrons. The van der Waals surface area contributed by atoms with Gasteiger partial charge in [0.05, 0.1) is 0 Å². The predicted molar refractivity (Wildman–Crippen MR) is 32.7 cm³/mol. The van der Waals surface area contributed by atoms with Crippen LogP contribution in [0.25, 0.3) is 0 Å². The molecule has 0 saturated carbocycles. The normalized spacial score (nSPS) is 8.11. The van der Waals surface area contributed by atoms with E-state index in [1.165, 1.54) is 6.20 Å². The third-order valence-corrected chi connectivity index (χ3v) is 1.15. The molecule has 0 aliphatic rings. The average molecular weight is 166 g/mol. The van der Waals surface area contributed by atoms with Crippen LogP contribution in [-0.4, -0.2) is 0 Å². The minimum Gasteiger partial charge on any atom is -0.618 e. The van der Waals surface area contributed by atoms with Gasteiger partial charge >= 0.3 is 51.4 Å². The fourth-order valence-corrected chi connectivity index (χ4v) is 0.572. The van der Waals surface area contributed by atoms with Crippen molar-refractivity contribution in [2.45, 2.75) is 5.03 Å². The molecule has 0 aliphatic heterocycles. The Balaban J connectivity index is 0.000000640. The van der Waals surface area contributed by atoms with E-state index in [1.54, 1.807) is 18.2 Å². The van der Waals surface area contributed by atoms with Crippen molar-refractivity contribution in [3.05, 3.63) is 29.6 Å². The van der Waals surface area contributed by atoms with Crippen molar-refractivity contribution in [3.8, 4) is 0 Å². The number of hydrogen-bond acceptors (Lipinski definition) is 2. The molecular weight excluding hydrogens is 161 g/mol. The molecule has 1 aromatic heterocycles. The van der Waals surface area contributed by atoms with Crippen LogP contribution in [0.4, 0.5) is 0 Å². The van der Waals surface area contributed by atoms with Gasteiger partial charge in [-0.1, -0.05) is 12.6 Å². The molecule has 0 aromatic carbocycles. The first-order chi connectivity index (χ1) is 3.80. The molecule has 0 bridgehead atoms. The van der Waals surface area contributed by atoms with Crippen molar-refractivity contribution >= 4 is 12.6 Å². The van der Waals surface area contributed by atoms with Gasteiger partial charge in [0.2, 0.25) is 5.03 Å². The molecule has 0 N–H and O–H groups in total. The topological polar surface area (TPSA) is 26.9 Å². The van der Waals surface area contributed by atoms with Gasteiger partial charge in [0.15, 0.2) is 6.20 Å². The maximum absolute atomic E-state index is 10.5. The van der Waals surface area contributed by atoms with Crippen LogP contribution in [0.5, 0.6) is 0 Å². The molecule has 1 aromatic rings. The van der Waals surface area contributed by atoms with Gasteiger partial charge in [-0.15, -0.1) is 0 Å². The zero-order valence-electron chi connectivity index (χ0n) is 5.11. The standard InChI is InChI=1S/C5H5NOS.K/c7-6-4-2-1-3-5(6)8;/h1-4,8H;/q;+1. The van der Waals surface area contributed by atoms with Gasteiger partial charge < -0.3 is 5.21 Å². The number of aromatic nitrogens is 1. The molecule has 0 saturated heterocycles. The molecule has 1 heterocycles. The largest absolute Gasteiger partial charge is 1.00 e. The van der Waals surface area contributed by atoms with Gasteiger partial charge in [-0.25, -0.2) is 0 Å². The van der Waals surface area contributed by atoms with E-state index in [1.807, 2.05) is 0 Å². The van der Waals surface area contributed by atoms with Gasteiger partial charge in [-0.3, -0.25) is 0 Å². The van der Waals surface area contributed by atoms with E-state index in [0.717, 1.165) is 0 Å². The Bertz CT molecular complexity index is 173. The Kier molecular flexibility index (Phi) is 5.20. The molecule has 1 rings (SSSR count). The van der Waals surface area contributed by atoms with Crippen molar-refractivity contribution in [2.24, 2.45) is 0 Å². The first kappa shape index (κ1) is 9.94. The summed E-state index contributed by atoms with van der Waals surface area (Å²) < 4.78 is 0.698. The summed E-state index contributed by atoms with van der Waals surface area (Å²) in [6.07, 6.45) is 1.41. The maximum atomic E-state index is 10.5. The zero-order chi connectivity index (χ0) is 5.98. The smallest absolute Gasteiger partial charge is 0.618 e. The molecule has 0 amide bonds. The number of hydrogen-bond donors (Lipinski definition) is 1. The number of thiol groups is 1. The van der Waals surface area contributed by atoms with Crippen LogP contribution in [0.15, 0.2) is 29.4 Å². The Morgan fingerprint density at radius 3 is 2.44 bits per heavy atom. The Morgan fingerprint density at radius 2 is 2.11 bits per heavy atom. The first-order valence-electron chi connectivity index (χ1n) is 2.18. The van der Waals surface area contributed by atoms with E-state index < -0.39 is 0 Å². The quantitative estimate of drug-likeness (QED) is 0.198. The van der Waals surface area contributed by atoms with Crippen LogP contribution < -0.4 is 56.1 Å². The molecular formula is C5H5KNOS+. The van der Waals surface area contributed by atoms with Crippen LogP contribution in [-0.2, 0) is 0 Å². The zero-order valence-corrected chi connectivity index (χ0v) is 9.13. The van der Waals surface area contributed by atoms with Crippen molar-refractivity contribution < 1.29 is 56.1 Å². The molecule has 0 aliphatic carbocycles. The summed E-state index contributed by atoms with van der Waals surface area (Å²) in [6, 6.07) is 5.06. The van der Waals surface area contributed by atoms with Crippen molar-refractivity contribution in [2.75, 3.05) is 0 Å². The van der Waals surface area contributed by atoms with E-state index in [0.29, 0.717) is 9.76 Å². The molecule has 4 heteroatoms. The van der Waals surface area contributed by atoms with Gasteiger partial charge in [-0.2, -0.15) is 4.73 Å². The fraction of sp³-hybridized carbons (Fsp3) is 0. The number of rotatable bonds is 0. The van der Waals surface area contributed by atoms with E-state index >= 15 is 0 Å². The number of pyridine rings is 1. The van der Waals surface area contributed by atoms with Crippen molar-refractivity contribution in [1.29, 1.82) is 0 Å². The van der Waals surface area contributed by atoms with Crippen LogP contribution in [0.2, 0.25) is 0 Å². The van der Waals surface area contributed by atoms with E-state index in [9.17, 15) is 5.21 Å². The van der Waals surface area contributed by atoms with Gasteiger partial charge in [0.25, 0.3) is 0 Å². The molecule has 9 heavy (non-hydrogen) atoms. The van der Waals surface area contributed by atoms with E-state index in [-0.39, 0.29) is 51.4 Å². The summed E-state index contributed by atoms with van der Waals surface area (Å²) in [5, 5.41) is 10.9.